The van der Waals surface area contributed by atoms with Gasteiger partial charge in [-0.1, -0.05) is 18.2 Å². The lowest BCUT2D eigenvalue weighted by atomic mass is 10.2. The van der Waals surface area contributed by atoms with Crippen LogP contribution in [0.1, 0.15) is 11.3 Å². The standard InChI is InChI=1S/C13H12FN3O/c14-11-4-2-1-3-9(11)8-18-10-5-6-12(13(15)16)17-7-10/h1-7H,8H2,(H3,15,16). The Morgan fingerprint density at radius 3 is 2.67 bits per heavy atom. The molecule has 0 saturated heterocycles. The fourth-order valence-corrected chi connectivity index (χ4v) is 1.40. The topological polar surface area (TPSA) is 72.0 Å². The molecule has 0 aliphatic heterocycles. The number of amidine groups is 1. The summed E-state index contributed by atoms with van der Waals surface area (Å²) in [5.74, 6) is 0.102. The van der Waals surface area contributed by atoms with E-state index in [2.05, 4.69) is 4.98 Å². The fraction of sp³-hybridized carbons (Fsp3) is 0.0769. The van der Waals surface area contributed by atoms with Gasteiger partial charge >= 0.3 is 0 Å². The Morgan fingerprint density at radius 2 is 2.06 bits per heavy atom. The van der Waals surface area contributed by atoms with Gasteiger partial charge in [-0.2, -0.15) is 0 Å². The van der Waals surface area contributed by atoms with E-state index in [9.17, 15) is 4.39 Å². The van der Waals surface area contributed by atoms with Crippen LogP contribution in [0.4, 0.5) is 4.39 Å². The summed E-state index contributed by atoms with van der Waals surface area (Å²) in [6.45, 7) is 0.133. The molecule has 0 atom stereocenters. The molecule has 0 bridgehead atoms. The highest BCUT2D eigenvalue weighted by Crippen LogP contribution is 2.13. The summed E-state index contributed by atoms with van der Waals surface area (Å²) in [6, 6.07) is 9.65. The third kappa shape index (κ3) is 2.82. The van der Waals surface area contributed by atoms with E-state index >= 15 is 0 Å². The molecule has 0 saturated carbocycles. The molecule has 0 unspecified atom stereocenters. The van der Waals surface area contributed by atoms with Crippen LogP contribution >= 0.6 is 0 Å². The van der Waals surface area contributed by atoms with Crippen LogP contribution in [0, 0.1) is 11.2 Å². The quantitative estimate of drug-likeness (QED) is 0.640. The summed E-state index contributed by atoms with van der Waals surface area (Å²) in [5.41, 5.74) is 6.14. The van der Waals surface area contributed by atoms with Crippen molar-refractivity contribution in [1.82, 2.24) is 4.98 Å². The largest absolute Gasteiger partial charge is 0.487 e. The summed E-state index contributed by atoms with van der Waals surface area (Å²) >= 11 is 0. The smallest absolute Gasteiger partial charge is 0.141 e. The van der Waals surface area contributed by atoms with Crippen LogP contribution in [-0.2, 0) is 6.61 Å². The highest BCUT2D eigenvalue weighted by atomic mass is 19.1. The Bertz CT molecular complexity index is 554. The second-order valence-electron chi connectivity index (χ2n) is 3.67. The van der Waals surface area contributed by atoms with Gasteiger partial charge in [-0.3, -0.25) is 5.41 Å². The number of ether oxygens (including phenoxy) is 1. The summed E-state index contributed by atoms with van der Waals surface area (Å²) in [4.78, 5) is 3.94. The van der Waals surface area contributed by atoms with Gasteiger partial charge in [0.25, 0.3) is 0 Å². The van der Waals surface area contributed by atoms with Crippen molar-refractivity contribution in [1.29, 1.82) is 5.41 Å². The maximum absolute atomic E-state index is 13.3. The van der Waals surface area contributed by atoms with E-state index in [1.165, 1.54) is 12.3 Å². The molecule has 4 nitrogen and oxygen atoms in total. The van der Waals surface area contributed by atoms with Crippen LogP contribution in [0.3, 0.4) is 0 Å². The predicted octanol–water partition coefficient (Wildman–Crippen LogP) is 2.08. The summed E-state index contributed by atoms with van der Waals surface area (Å²) in [6.07, 6.45) is 1.46. The van der Waals surface area contributed by atoms with Crippen molar-refractivity contribution in [2.45, 2.75) is 6.61 Å². The average molecular weight is 245 g/mol. The Balaban J connectivity index is 2.02. The van der Waals surface area contributed by atoms with Gasteiger partial charge in [-0.05, 0) is 18.2 Å². The molecular formula is C13H12FN3O. The van der Waals surface area contributed by atoms with E-state index < -0.39 is 0 Å². The lowest BCUT2D eigenvalue weighted by Gasteiger charge is -2.07. The Hall–Kier alpha value is -2.43. The van der Waals surface area contributed by atoms with Crippen molar-refractivity contribution >= 4 is 5.84 Å². The van der Waals surface area contributed by atoms with Gasteiger partial charge < -0.3 is 10.5 Å². The van der Waals surface area contributed by atoms with Gasteiger partial charge in [-0.25, -0.2) is 9.37 Å². The van der Waals surface area contributed by atoms with Gasteiger partial charge in [-0.15, -0.1) is 0 Å². The number of halogens is 1. The number of aromatic nitrogens is 1. The Morgan fingerprint density at radius 1 is 1.28 bits per heavy atom. The molecule has 0 fully saturated rings. The Kier molecular flexibility index (Phi) is 3.52. The molecule has 3 N–H and O–H groups in total. The molecule has 0 radical (unpaired) electrons. The van der Waals surface area contributed by atoms with Gasteiger partial charge in [0.2, 0.25) is 0 Å². The molecule has 92 valence electrons. The summed E-state index contributed by atoms with van der Waals surface area (Å²) < 4.78 is 18.7. The number of nitrogens with two attached hydrogens (primary N) is 1. The maximum atomic E-state index is 13.3. The van der Waals surface area contributed by atoms with Gasteiger partial charge in [0.05, 0.1) is 6.20 Å². The highest BCUT2D eigenvalue weighted by Gasteiger charge is 2.03. The van der Waals surface area contributed by atoms with Crippen molar-refractivity contribution in [2.75, 3.05) is 0 Å². The molecule has 18 heavy (non-hydrogen) atoms. The molecule has 1 heterocycles. The number of nitrogen functional groups attached to an aromatic ring is 1. The first-order valence-corrected chi connectivity index (χ1v) is 5.33. The molecule has 0 amide bonds. The van der Waals surface area contributed by atoms with Crippen molar-refractivity contribution in [3.8, 4) is 5.75 Å². The molecule has 0 spiro atoms. The first-order chi connectivity index (χ1) is 8.66. The van der Waals surface area contributed by atoms with Crippen molar-refractivity contribution in [2.24, 2.45) is 5.73 Å². The average Bonchev–Trinajstić information content (AvgIpc) is 2.38. The van der Waals surface area contributed by atoms with Gasteiger partial charge in [0.15, 0.2) is 0 Å². The zero-order valence-corrected chi connectivity index (χ0v) is 9.56. The SMILES string of the molecule is N=C(N)c1ccc(OCc2ccccc2F)cn1. The predicted molar refractivity (Wildman–Crippen MR) is 66.0 cm³/mol. The number of nitrogens with one attached hydrogen (secondary N) is 1. The van der Waals surface area contributed by atoms with E-state index in [1.807, 2.05) is 0 Å². The minimum atomic E-state index is -0.300. The van der Waals surface area contributed by atoms with Crippen LogP contribution in [0.25, 0.3) is 0 Å². The van der Waals surface area contributed by atoms with Gasteiger partial charge in [0, 0.05) is 5.56 Å². The molecule has 0 aliphatic carbocycles. The third-order valence-corrected chi connectivity index (χ3v) is 2.36. The van der Waals surface area contributed by atoms with Crippen LogP contribution in [0.15, 0.2) is 42.6 Å². The van der Waals surface area contributed by atoms with E-state index in [-0.39, 0.29) is 18.3 Å². The van der Waals surface area contributed by atoms with Crippen molar-refractivity contribution < 1.29 is 9.13 Å². The first kappa shape index (κ1) is 12.0. The number of rotatable bonds is 4. The normalized spacial score (nSPS) is 10.1. The van der Waals surface area contributed by atoms with E-state index in [4.69, 9.17) is 15.9 Å². The molecule has 1 aromatic carbocycles. The number of hydrogen-bond donors (Lipinski definition) is 2. The Labute approximate surface area is 104 Å². The molecule has 2 rings (SSSR count). The van der Waals surface area contributed by atoms with E-state index in [0.29, 0.717) is 17.0 Å². The van der Waals surface area contributed by atoms with E-state index in [1.54, 1.807) is 30.3 Å². The second kappa shape index (κ2) is 5.27. The summed E-state index contributed by atoms with van der Waals surface area (Å²) in [5, 5.41) is 7.20. The minimum absolute atomic E-state index is 0.101. The van der Waals surface area contributed by atoms with Crippen molar-refractivity contribution in [3.63, 3.8) is 0 Å². The molecule has 5 heteroatoms. The minimum Gasteiger partial charge on any atom is -0.487 e. The highest BCUT2D eigenvalue weighted by molar-refractivity contribution is 5.92. The second-order valence-corrected chi connectivity index (χ2v) is 3.67. The molecule has 0 aliphatic rings. The van der Waals surface area contributed by atoms with Crippen LogP contribution in [-0.4, -0.2) is 10.8 Å². The summed E-state index contributed by atoms with van der Waals surface area (Å²) in [7, 11) is 0. The number of pyridine rings is 1. The van der Waals surface area contributed by atoms with Crippen molar-refractivity contribution in [3.05, 3.63) is 59.7 Å². The molecular weight excluding hydrogens is 233 g/mol. The number of hydrogen-bond acceptors (Lipinski definition) is 3. The van der Waals surface area contributed by atoms with Crippen LogP contribution in [0.5, 0.6) is 5.75 Å². The lowest BCUT2D eigenvalue weighted by Crippen LogP contribution is -2.12. The number of nitrogens with zero attached hydrogens (tertiary/aromatic N) is 1. The molecule has 1 aromatic heterocycles. The van der Waals surface area contributed by atoms with Crippen LogP contribution in [0.2, 0.25) is 0 Å². The van der Waals surface area contributed by atoms with E-state index in [0.717, 1.165) is 0 Å². The monoisotopic (exact) mass is 245 g/mol. The zero-order valence-electron chi connectivity index (χ0n) is 9.56. The maximum Gasteiger partial charge on any atom is 0.141 e. The third-order valence-electron chi connectivity index (χ3n) is 2.36. The lowest BCUT2D eigenvalue weighted by molar-refractivity contribution is 0.298. The van der Waals surface area contributed by atoms with Crippen LogP contribution < -0.4 is 10.5 Å². The fourth-order valence-electron chi connectivity index (χ4n) is 1.40. The van der Waals surface area contributed by atoms with Gasteiger partial charge in [0.1, 0.15) is 29.7 Å². The first-order valence-electron chi connectivity index (χ1n) is 5.33. The molecule has 2 aromatic rings. The zero-order chi connectivity index (χ0) is 13.0. The number of benzene rings is 1.